The maximum Gasteiger partial charge on any atom is 0.323 e. The Kier molecular flexibility index (Phi) is 16.0. The van der Waals surface area contributed by atoms with Crippen LogP contribution >= 0.6 is 0 Å². The Labute approximate surface area is 462 Å². The van der Waals surface area contributed by atoms with Gasteiger partial charge in [0.25, 0.3) is 60.7 Å². The monoisotopic (exact) mass is 1240 g/mol. The molecule has 37 heteroatoms. The molecule has 0 spiro atoms. The molecule has 0 bridgehead atoms. The highest BCUT2D eigenvalue weighted by Gasteiger charge is 2.35. The summed E-state index contributed by atoms with van der Waals surface area (Å²) in [5.41, 5.74) is 0.495. The SMILES string of the molecule is O=C(Nc1ccc2c(c1)C=C(S(=O)(=O)O)C(=NN=C1C=CC(=NNc3ccc(S(=O)(=O)O)cc3)C=C1S(=O)(=O)O)C2=O)Nc1ccc2c(c1)C=C(S(=O)(=O)O)C(=NN=C1C=CC(=NNc3ccc(S(=O)(=O)O)cc3)C=C1S(=O)(=O)O)C2=O. The first-order valence-corrected chi connectivity index (χ1v) is 30.5. The summed E-state index contributed by atoms with van der Waals surface area (Å²) in [5.74, 6) is -2.35. The summed E-state index contributed by atoms with van der Waals surface area (Å²) in [6, 6.07) is 14.7. The van der Waals surface area contributed by atoms with Crippen molar-refractivity contribution in [3.8, 4) is 0 Å². The first-order chi connectivity index (χ1) is 38.1. The van der Waals surface area contributed by atoms with Crippen molar-refractivity contribution in [3.05, 3.63) is 163 Å². The number of anilines is 4. The van der Waals surface area contributed by atoms with Gasteiger partial charge in [-0.2, -0.15) is 60.7 Å². The standard InChI is InChI=1S/C45H32N10O21S6/c56-43-33-13-5-27(17-23(33)19-39(81(71,72)73)41(43)54-52-35-15-7-29(21-37(35)79(65,66)67)50-48-25-1-9-31(10-2-25)77(59,60)61)46-45(58)47-28-6-14-34-24(18-28)20-40(82(74,75)76)42(44(34)57)55-53-36-16-8-30(22-38(36)80(68,69)70)51-49-26-3-11-32(12-4-26)78(62,63)64/h1-22,48-49H,(H2,46,47,58)(H,59,60,61)(H,62,63,64)(H,65,66,67)(H,68,69,70)(H,71,72,73)(H,74,75,76). The molecule has 0 fully saturated rings. The van der Waals surface area contributed by atoms with E-state index in [4.69, 9.17) is 9.11 Å². The molecule has 0 saturated heterocycles. The molecule has 0 heterocycles. The van der Waals surface area contributed by atoms with Gasteiger partial charge in [-0.25, -0.2) is 4.79 Å². The number of hydrogen-bond acceptors (Lipinski definition) is 23. The Morgan fingerprint density at radius 2 is 0.707 bits per heavy atom. The molecule has 4 aromatic rings. The van der Waals surface area contributed by atoms with Crippen LogP contribution in [0.15, 0.2) is 181 Å². The van der Waals surface area contributed by atoms with Crippen molar-refractivity contribution in [3.63, 3.8) is 0 Å². The minimum atomic E-state index is -5.32. The number of allylic oxidation sites excluding steroid dienone is 10. The van der Waals surface area contributed by atoms with Crippen LogP contribution in [-0.4, -0.2) is 130 Å². The number of Topliss-reactive ketones (excluding diaryl/α,β-unsaturated/α-hetero) is 2. The van der Waals surface area contributed by atoms with Gasteiger partial charge >= 0.3 is 6.03 Å². The van der Waals surface area contributed by atoms with E-state index in [0.29, 0.717) is 0 Å². The number of fused-ring (bicyclic) bond motifs is 2. The number of nitrogens with zero attached hydrogens (tertiary/aromatic N) is 6. The second kappa shape index (κ2) is 22.2. The molecular weight excluding hydrogens is 1210 g/mol. The molecule has 0 radical (unpaired) electrons. The van der Waals surface area contributed by atoms with Crippen LogP contribution in [0.2, 0.25) is 0 Å². The first-order valence-electron chi connectivity index (χ1n) is 21.9. The fourth-order valence-electron chi connectivity index (χ4n) is 7.30. The number of hydrogen-bond donors (Lipinski definition) is 10. The third-order valence-electron chi connectivity index (χ3n) is 11.0. The fourth-order valence-corrected chi connectivity index (χ4v) is 10.9. The van der Waals surface area contributed by atoms with E-state index in [1.807, 2.05) is 0 Å². The molecular formula is C45H32N10O21S6. The Morgan fingerprint density at radius 1 is 0.378 bits per heavy atom. The van der Waals surface area contributed by atoms with Crippen LogP contribution in [-0.2, 0) is 60.7 Å². The molecule has 8 rings (SSSR count). The lowest BCUT2D eigenvalue weighted by molar-refractivity contribution is 0.105. The average molecular weight is 1240 g/mol. The number of amides is 2. The maximum absolute atomic E-state index is 13.7. The number of nitrogens with one attached hydrogen (secondary N) is 4. The highest BCUT2D eigenvalue weighted by molar-refractivity contribution is 7.92. The van der Waals surface area contributed by atoms with Gasteiger partial charge in [-0.1, -0.05) is 0 Å². The minimum Gasteiger partial charge on any atom is -0.308 e. The van der Waals surface area contributed by atoms with E-state index >= 15 is 0 Å². The van der Waals surface area contributed by atoms with Crippen LogP contribution < -0.4 is 21.5 Å². The zero-order valence-electron chi connectivity index (χ0n) is 40.1. The summed E-state index contributed by atoms with van der Waals surface area (Å²) in [6.45, 7) is 0. The second-order valence-electron chi connectivity index (χ2n) is 16.6. The van der Waals surface area contributed by atoms with Crippen molar-refractivity contribution < 1.29 is 92.2 Å². The Bertz CT molecular complexity index is 4340. The van der Waals surface area contributed by atoms with Gasteiger partial charge in [-0.15, -0.1) is 20.4 Å². The third-order valence-corrected chi connectivity index (χ3v) is 16.3. The van der Waals surface area contributed by atoms with Crippen molar-refractivity contribution in [2.45, 2.75) is 9.79 Å². The second-order valence-corrected chi connectivity index (χ2v) is 25.0. The van der Waals surface area contributed by atoms with Gasteiger partial charge in [0, 0.05) is 22.5 Å². The van der Waals surface area contributed by atoms with Crippen molar-refractivity contribution in [2.75, 3.05) is 21.5 Å². The normalized spacial score (nSPS) is 18.9. The molecule has 82 heavy (non-hydrogen) atoms. The summed E-state index contributed by atoms with van der Waals surface area (Å²) in [6.07, 6.45) is 7.35. The van der Waals surface area contributed by atoms with Crippen molar-refractivity contribution in [1.29, 1.82) is 0 Å². The summed E-state index contributed by atoms with van der Waals surface area (Å²) in [5, 5.41) is 27.2. The molecule has 4 aliphatic carbocycles. The minimum absolute atomic E-state index is 0.108. The summed E-state index contributed by atoms with van der Waals surface area (Å²) in [4.78, 5) is 35.7. The molecule has 0 atom stereocenters. The van der Waals surface area contributed by atoms with E-state index in [2.05, 4.69) is 52.1 Å². The van der Waals surface area contributed by atoms with Gasteiger partial charge in [0.15, 0.2) is 11.4 Å². The quantitative estimate of drug-likeness (QED) is 0.0486. The lowest BCUT2D eigenvalue weighted by atomic mass is 9.94. The molecule has 0 unspecified atom stereocenters. The largest absolute Gasteiger partial charge is 0.323 e. The van der Waals surface area contributed by atoms with Gasteiger partial charge in [0.2, 0.25) is 11.6 Å². The summed E-state index contributed by atoms with van der Waals surface area (Å²) in [7, 11) is -29.9. The predicted octanol–water partition coefficient (Wildman–Crippen LogP) is 3.89. The van der Waals surface area contributed by atoms with E-state index in [-0.39, 0.29) is 56.4 Å². The van der Waals surface area contributed by atoms with Crippen LogP contribution in [0.1, 0.15) is 31.8 Å². The zero-order chi connectivity index (χ0) is 59.9. The van der Waals surface area contributed by atoms with Crippen LogP contribution in [0, 0.1) is 0 Å². The number of hydrazone groups is 2. The van der Waals surface area contributed by atoms with Gasteiger partial charge in [0.1, 0.15) is 31.0 Å². The number of carbonyl (C=O) groups excluding carboxylic acids is 3. The Morgan fingerprint density at radius 3 is 1.02 bits per heavy atom. The van der Waals surface area contributed by atoms with E-state index in [1.54, 1.807) is 0 Å². The molecule has 2 amide bonds. The molecule has 0 aliphatic heterocycles. The first kappa shape index (κ1) is 59.1. The van der Waals surface area contributed by atoms with Crippen molar-refractivity contribution >= 4 is 147 Å². The smallest absolute Gasteiger partial charge is 0.308 e. The molecule has 0 saturated carbocycles. The number of benzene rings is 4. The van der Waals surface area contributed by atoms with E-state index in [0.717, 1.165) is 97.1 Å². The van der Waals surface area contributed by atoms with Gasteiger partial charge in [-0.3, -0.25) is 47.8 Å². The van der Waals surface area contributed by atoms with Crippen molar-refractivity contribution in [2.24, 2.45) is 30.6 Å². The topological polar surface area (TPSA) is 500 Å². The molecule has 4 aromatic carbocycles. The molecule has 31 nitrogen and oxygen atoms in total. The van der Waals surface area contributed by atoms with E-state index in [9.17, 15) is 83.1 Å². The lowest BCUT2D eigenvalue weighted by Gasteiger charge is -2.18. The van der Waals surface area contributed by atoms with Crippen LogP contribution in [0.5, 0.6) is 0 Å². The van der Waals surface area contributed by atoms with E-state index < -0.39 is 131 Å². The zero-order valence-corrected chi connectivity index (χ0v) is 45.0. The molecule has 10 N–H and O–H groups in total. The Balaban J connectivity index is 0.989. The lowest BCUT2D eigenvalue weighted by Crippen LogP contribution is -2.27. The Hall–Kier alpha value is -8.99. The fraction of sp³-hybridized carbons (Fsp3) is 0. The van der Waals surface area contributed by atoms with Crippen molar-refractivity contribution in [1.82, 2.24) is 0 Å². The molecule has 424 valence electrons. The molecule has 4 aliphatic rings. The van der Waals surface area contributed by atoms with Crippen LogP contribution in [0.3, 0.4) is 0 Å². The number of ketones is 2. The van der Waals surface area contributed by atoms with Crippen LogP contribution in [0.4, 0.5) is 27.5 Å². The highest BCUT2D eigenvalue weighted by Crippen LogP contribution is 2.31. The summed E-state index contributed by atoms with van der Waals surface area (Å²) < 4.78 is 204. The van der Waals surface area contributed by atoms with Gasteiger partial charge in [-0.05, 0) is 145 Å². The number of carbonyl (C=O) groups is 3. The number of rotatable bonds is 14. The van der Waals surface area contributed by atoms with Gasteiger partial charge in [0.05, 0.1) is 32.6 Å². The predicted molar refractivity (Wildman–Crippen MR) is 295 cm³/mol. The highest BCUT2D eigenvalue weighted by atomic mass is 32.2. The van der Waals surface area contributed by atoms with E-state index in [1.165, 1.54) is 36.4 Å². The summed E-state index contributed by atoms with van der Waals surface area (Å²) >= 11 is 0. The molecule has 0 aromatic heterocycles. The maximum atomic E-state index is 13.7. The van der Waals surface area contributed by atoms with Gasteiger partial charge < -0.3 is 10.6 Å². The number of urea groups is 1. The third kappa shape index (κ3) is 13.8. The average Bonchev–Trinajstić information content (AvgIpc) is 3.57. The van der Waals surface area contributed by atoms with Crippen LogP contribution in [0.25, 0.3) is 12.2 Å².